The summed E-state index contributed by atoms with van der Waals surface area (Å²) in [4.78, 5) is 22.8. The molecular weight excluding hydrogens is 314 g/mol. The zero-order valence-electron chi connectivity index (χ0n) is 12.5. The van der Waals surface area contributed by atoms with Crippen molar-refractivity contribution in [2.45, 2.75) is 20.8 Å². The maximum Gasteiger partial charge on any atom is 0.269 e. The number of amides is 1. The number of nitrogens with one attached hydrogen (secondary N) is 1. The quantitative estimate of drug-likeness (QED) is 0.772. The number of aromatic nitrogens is 2. The van der Waals surface area contributed by atoms with E-state index in [0.717, 1.165) is 26.8 Å². The number of hydrogen-bond donors (Lipinski definition) is 1. The van der Waals surface area contributed by atoms with Crippen LogP contribution in [0.25, 0.3) is 10.4 Å². The zero-order chi connectivity index (χ0) is 15.7. The molecule has 0 aliphatic rings. The molecule has 0 atom stereocenters. The van der Waals surface area contributed by atoms with Gasteiger partial charge in [0, 0.05) is 0 Å². The number of aryl methyl sites for hydroxylation is 3. The van der Waals surface area contributed by atoms with Crippen LogP contribution < -0.4 is 5.32 Å². The fraction of sp³-hybridized carbons (Fsp3) is 0.188. The molecule has 0 bridgehead atoms. The van der Waals surface area contributed by atoms with Crippen LogP contribution in [0.15, 0.2) is 30.3 Å². The molecular formula is C16H15N3OS2. The minimum absolute atomic E-state index is 0.142. The van der Waals surface area contributed by atoms with E-state index in [4.69, 9.17) is 0 Å². The van der Waals surface area contributed by atoms with Crippen molar-refractivity contribution < 1.29 is 4.79 Å². The van der Waals surface area contributed by atoms with Gasteiger partial charge in [0.25, 0.3) is 5.91 Å². The van der Waals surface area contributed by atoms with E-state index in [9.17, 15) is 4.79 Å². The van der Waals surface area contributed by atoms with Crippen LogP contribution in [0.4, 0.5) is 5.13 Å². The molecule has 0 unspecified atom stereocenters. The third kappa shape index (κ3) is 2.93. The molecule has 3 rings (SSSR count). The fourth-order valence-electron chi connectivity index (χ4n) is 2.20. The SMILES string of the molecule is Cc1nc(C)c(C(=O)Nc2nc(C)c(-c3ccccc3)s2)s1. The highest BCUT2D eigenvalue weighted by Crippen LogP contribution is 2.33. The topological polar surface area (TPSA) is 54.9 Å². The first kappa shape index (κ1) is 14.9. The number of rotatable bonds is 3. The van der Waals surface area contributed by atoms with Crippen molar-refractivity contribution in [1.82, 2.24) is 9.97 Å². The predicted molar refractivity (Wildman–Crippen MR) is 91.8 cm³/mol. The summed E-state index contributed by atoms with van der Waals surface area (Å²) in [6, 6.07) is 10.1. The van der Waals surface area contributed by atoms with Gasteiger partial charge in [-0.3, -0.25) is 10.1 Å². The van der Waals surface area contributed by atoms with E-state index < -0.39 is 0 Å². The normalized spacial score (nSPS) is 10.7. The first-order valence-corrected chi connectivity index (χ1v) is 8.46. The second-order valence-corrected chi connectivity index (χ2v) is 7.10. The molecule has 2 aromatic heterocycles. The van der Waals surface area contributed by atoms with E-state index in [1.807, 2.05) is 51.1 Å². The maximum atomic E-state index is 12.3. The molecule has 1 aromatic carbocycles. The Morgan fingerprint density at radius 2 is 1.73 bits per heavy atom. The molecule has 1 amide bonds. The molecule has 1 N–H and O–H groups in total. The number of thiazole rings is 2. The van der Waals surface area contributed by atoms with E-state index in [1.165, 1.54) is 22.7 Å². The van der Waals surface area contributed by atoms with Gasteiger partial charge in [-0.05, 0) is 26.3 Å². The van der Waals surface area contributed by atoms with E-state index in [0.29, 0.717) is 10.0 Å². The lowest BCUT2D eigenvalue weighted by Gasteiger charge is -1.99. The summed E-state index contributed by atoms with van der Waals surface area (Å²) < 4.78 is 0. The molecule has 0 saturated heterocycles. The Morgan fingerprint density at radius 1 is 1.00 bits per heavy atom. The number of carbonyl (C=O) groups is 1. The lowest BCUT2D eigenvalue weighted by Crippen LogP contribution is -2.11. The lowest BCUT2D eigenvalue weighted by atomic mass is 10.2. The summed E-state index contributed by atoms with van der Waals surface area (Å²) in [6.07, 6.45) is 0. The minimum atomic E-state index is -0.142. The Hall–Kier alpha value is -2.05. The molecule has 0 aliphatic heterocycles. The van der Waals surface area contributed by atoms with Crippen molar-refractivity contribution in [2.75, 3.05) is 5.32 Å². The summed E-state index contributed by atoms with van der Waals surface area (Å²) in [5, 5.41) is 4.39. The van der Waals surface area contributed by atoms with Gasteiger partial charge in [0.05, 0.1) is 21.3 Å². The van der Waals surface area contributed by atoms with E-state index in [2.05, 4.69) is 15.3 Å². The van der Waals surface area contributed by atoms with Gasteiger partial charge in [-0.15, -0.1) is 11.3 Å². The van der Waals surface area contributed by atoms with Crippen LogP contribution in [0.1, 0.15) is 26.1 Å². The van der Waals surface area contributed by atoms with Gasteiger partial charge in [-0.25, -0.2) is 9.97 Å². The number of benzene rings is 1. The standard InChI is InChI=1S/C16H15N3OS2/c1-9-13(12-7-5-4-6-8-12)22-16(18-9)19-15(20)14-10(2)17-11(3)21-14/h4-8H,1-3H3,(H,18,19,20). The number of carbonyl (C=O) groups excluding carboxylic acids is 1. The average molecular weight is 329 g/mol. The first-order chi connectivity index (χ1) is 10.5. The molecule has 22 heavy (non-hydrogen) atoms. The Morgan fingerprint density at radius 3 is 2.36 bits per heavy atom. The van der Waals surface area contributed by atoms with Gasteiger partial charge in [-0.2, -0.15) is 0 Å². The number of nitrogens with zero attached hydrogens (tertiary/aromatic N) is 2. The van der Waals surface area contributed by atoms with Crippen molar-refractivity contribution in [1.29, 1.82) is 0 Å². The molecule has 4 nitrogen and oxygen atoms in total. The van der Waals surface area contributed by atoms with Crippen LogP contribution >= 0.6 is 22.7 Å². The average Bonchev–Trinajstić information content (AvgIpc) is 3.02. The number of hydrogen-bond acceptors (Lipinski definition) is 5. The second kappa shape index (κ2) is 5.98. The molecule has 3 aromatic rings. The van der Waals surface area contributed by atoms with Crippen LogP contribution in [0, 0.1) is 20.8 Å². The maximum absolute atomic E-state index is 12.3. The van der Waals surface area contributed by atoms with Crippen molar-refractivity contribution in [2.24, 2.45) is 0 Å². The van der Waals surface area contributed by atoms with Crippen LogP contribution in [0.5, 0.6) is 0 Å². The van der Waals surface area contributed by atoms with Gasteiger partial charge in [0.1, 0.15) is 4.88 Å². The van der Waals surface area contributed by atoms with Crippen molar-refractivity contribution in [3.05, 3.63) is 51.6 Å². The predicted octanol–water partition coefficient (Wildman–Crippen LogP) is 4.44. The van der Waals surface area contributed by atoms with E-state index >= 15 is 0 Å². The Kier molecular flexibility index (Phi) is 4.04. The van der Waals surface area contributed by atoms with E-state index in [1.54, 1.807) is 0 Å². The molecule has 112 valence electrons. The second-order valence-electron chi connectivity index (χ2n) is 4.90. The molecule has 6 heteroatoms. The summed E-state index contributed by atoms with van der Waals surface area (Å²) in [6.45, 7) is 5.70. The van der Waals surface area contributed by atoms with Gasteiger partial charge in [0.15, 0.2) is 5.13 Å². The van der Waals surface area contributed by atoms with Crippen LogP contribution in [0.3, 0.4) is 0 Å². The smallest absolute Gasteiger partial charge is 0.269 e. The highest BCUT2D eigenvalue weighted by Gasteiger charge is 2.17. The van der Waals surface area contributed by atoms with Crippen LogP contribution in [0.2, 0.25) is 0 Å². The van der Waals surface area contributed by atoms with Gasteiger partial charge in [-0.1, -0.05) is 41.7 Å². The molecule has 2 heterocycles. The third-order valence-electron chi connectivity index (χ3n) is 3.16. The lowest BCUT2D eigenvalue weighted by molar-refractivity contribution is 0.103. The summed E-state index contributed by atoms with van der Waals surface area (Å²) in [5.74, 6) is -0.142. The van der Waals surface area contributed by atoms with Gasteiger partial charge in [0.2, 0.25) is 0 Å². The molecule has 0 spiro atoms. The monoisotopic (exact) mass is 329 g/mol. The molecule has 0 aliphatic carbocycles. The Labute approximate surface area is 136 Å². The molecule has 0 fully saturated rings. The number of anilines is 1. The van der Waals surface area contributed by atoms with Gasteiger partial charge >= 0.3 is 0 Å². The fourth-order valence-corrected chi connectivity index (χ4v) is 3.99. The summed E-state index contributed by atoms with van der Waals surface area (Å²) in [5.41, 5.74) is 2.79. The summed E-state index contributed by atoms with van der Waals surface area (Å²) >= 11 is 2.89. The van der Waals surface area contributed by atoms with Crippen LogP contribution in [-0.2, 0) is 0 Å². The summed E-state index contributed by atoms with van der Waals surface area (Å²) in [7, 11) is 0. The highest BCUT2D eigenvalue weighted by molar-refractivity contribution is 7.19. The largest absolute Gasteiger partial charge is 0.297 e. The zero-order valence-corrected chi connectivity index (χ0v) is 14.1. The molecule has 0 saturated carbocycles. The molecule has 0 radical (unpaired) electrons. The van der Waals surface area contributed by atoms with Crippen molar-refractivity contribution in [3.8, 4) is 10.4 Å². The first-order valence-electron chi connectivity index (χ1n) is 6.83. The van der Waals surface area contributed by atoms with Crippen molar-refractivity contribution >= 4 is 33.7 Å². The van der Waals surface area contributed by atoms with Gasteiger partial charge < -0.3 is 0 Å². The minimum Gasteiger partial charge on any atom is -0.297 e. The van der Waals surface area contributed by atoms with Crippen LogP contribution in [-0.4, -0.2) is 15.9 Å². The third-order valence-corrected chi connectivity index (χ3v) is 5.36. The van der Waals surface area contributed by atoms with E-state index in [-0.39, 0.29) is 5.91 Å². The highest BCUT2D eigenvalue weighted by atomic mass is 32.1. The Bertz CT molecular complexity index is 821. The Balaban J connectivity index is 1.85. The van der Waals surface area contributed by atoms with Crippen molar-refractivity contribution in [3.63, 3.8) is 0 Å².